The second kappa shape index (κ2) is 9.99. The fourth-order valence-electron chi connectivity index (χ4n) is 3.62. The van der Waals surface area contributed by atoms with Crippen LogP contribution in [0.5, 0.6) is 0 Å². The number of aromatic nitrogens is 2. The molecule has 1 fully saturated rings. The number of hydrogen-bond donors (Lipinski definition) is 1. The van der Waals surface area contributed by atoms with Crippen LogP contribution in [0.15, 0.2) is 47.6 Å². The number of piperidine rings is 1. The molecule has 0 bridgehead atoms. The molecule has 8 nitrogen and oxygen atoms in total. The molecule has 162 valence electrons. The molecule has 0 unspecified atom stereocenters. The van der Waals surface area contributed by atoms with Crippen LogP contribution in [0.1, 0.15) is 37.0 Å². The van der Waals surface area contributed by atoms with Gasteiger partial charge in [-0.05, 0) is 49.1 Å². The topological polar surface area (TPSA) is 95.5 Å². The Bertz CT molecular complexity index is 923. The van der Waals surface area contributed by atoms with Gasteiger partial charge in [-0.2, -0.15) is 4.31 Å². The van der Waals surface area contributed by atoms with E-state index >= 15 is 0 Å². The van der Waals surface area contributed by atoms with E-state index in [2.05, 4.69) is 20.2 Å². The third kappa shape index (κ3) is 5.14. The Kier molecular flexibility index (Phi) is 7.38. The average Bonchev–Trinajstić information content (AvgIpc) is 2.79. The van der Waals surface area contributed by atoms with Crippen LogP contribution in [-0.2, 0) is 10.0 Å². The van der Waals surface area contributed by atoms with Gasteiger partial charge in [0, 0.05) is 50.7 Å². The lowest BCUT2D eigenvalue weighted by molar-refractivity contribution is 0.0944. The Hall–Kier alpha value is -2.52. The van der Waals surface area contributed by atoms with E-state index in [0.29, 0.717) is 31.1 Å². The van der Waals surface area contributed by atoms with Crippen LogP contribution >= 0.6 is 0 Å². The molecule has 3 rings (SSSR count). The van der Waals surface area contributed by atoms with Crippen LogP contribution in [0.2, 0.25) is 0 Å². The summed E-state index contributed by atoms with van der Waals surface area (Å²) in [4.78, 5) is 23.4. The number of amides is 1. The van der Waals surface area contributed by atoms with E-state index < -0.39 is 10.0 Å². The maximum absolute atomic E-state index is 12.5. The van der Waals surface area contributed by atoms with Crippen molar-refractivity contribution in [2.75, 3.05) is 37.6 Å². The van der Waals surface area contributed by atoms with Crippen molar-refractivity contribution in [2.45, 2.75) is 31.6 Å². The molecule has 1 amide bonds. The maximum Gasteiger partial charge on any atom is 0.251 e. The number of anilines is 1. The van der Waals surface area contributed by atoms with Gasteiger partial charge in [0.15, 0.2) is 0 Å². The number of sulfonamides is 1. The molecule has 2 heterocycles. The lowest BCUT2D eigenvalue weighted by atomic mass is 9.97. The first-order chi connectivity index (χ1) is 14.5. The molecule has 1 aromatic carbocycles. The molecule has 30 heavy (non-hydrogen) atoms. The minimum absolute atomic E-state index is 0.185. The fraction of sp³-hybridized carbons (Fsp3) is 0.476. The summed E-state index contributed by atoms with van der Waals surface area (Å²) in [5.41, 5.74) is 0.462. The van der Waals surface area contributed by atoms with Crippen molar-refractivity contribution < 1.29 is 13.2 Å². The first-order valence-electron chi connectivity index (χ1n) is 10.4. The molecule has 0 atom stereocenters. The maximum atomic E-state index is 12.5. The van der Waals surface area contributed by atoms with Gasteiger partial charge >= 0.3 is 0 Å². The number of carbonyl (C=O) groups excluding carboxylic acids is 1. The summed E-state index contributed by atoms with van der Waals surface area (Å²) in [6.07, 6.45) is 5.40. The summed E-state index contributed by atoms with van der Waals surface area (Å²) >= 11 is 0. The molecule has 2 aromatic rings. The van der Waals surface area contributed by atoms with Crippen molar-refractivity contribution in [3.8, 4) is 0 Å². The van der Waals surface area contributed by atoms with Crippen molar-refractivity contribution in [3.63, 3.8) is 0 Å². The predicted octanol–water partition coefficient (Wildman–Crippen LogP) is 2.15. The molecule has 0 saturated carbocycles. The van der Waals surface area contributed by atoms with Crippen LogP contribution in [0.25, 0.3) is 0 Å². The highest BCUT2D eigenvalue weighted by molar-refractivity contribution is 7.89. The highest BCUT2D eigenvalue weighted by Gasteiger charge is 2.23. The Morgan fingerprint density at radius 2 is 1.70 bits per heavy atom. The normalized spacial score (nSPS) is 15.4. The Morgan fingerprint density at radius 1 is 1.10 bits per heavy atom. The summed E-state index contributed by atoms with van der Waals surface area (Å²) in [6.45, 7) is 6.76. The van der Waals surface area contributed by atoms with Crippen molar-refractivity contribution in [1.82, 2.24) is 19.6 Å². The molecular weight excluding hydrogens is 402 g/mol. The average molecular weight is 432 g/mol. The summed E-state index contributed by atoms with van der Waals surface area (Å²) in [5, 5.41) is 2.98. The van der Waals surface area contributed by atoms with Gasteiger partial charge < -0.3 is 10.2 Å². The molecule has 0 aliphatic carbocycles. The zero-order valence-electron chi connectivity index (χ0n) is 17.5. The van der Waals surface area contributed by atoms with Crippen LogP contribution in [0, 0.1) is 5.92 Å². The van der Waals surface area contributed by atoms with Crippen molar-refractivity contribution >= 4 is 21.9 Å². The van der Waals surface area contributed by atoms with Gasteiger partial charge in [0.25, 0.3) is 5.91 Å². The Labute approximate surface area is 178 Å². The Balaban J connectivity index is 1.51. The predicted molar refractivity (Wildman–Crippen MR) is 116 cm³/mol. The smallest absolute Gasteiger partial charge is 0.251 e. The lowest BCUT2D eigenvalue weighted by Crippen LogP contribution is -2.39. The van der Waals surface area contributed by atoms with Crippen LogP contribution in [0.4, 0.5) is 5.95 Å². The SMILES string of the molecule is CCN(CC)S(=O)(=O)c1ccc(C(=O)NCC2CCN(c3ncccn3)CC2)cc1. The first-order valence-corrected chi connectivity index (χ1v) is 11.8. The van der Waals surface area contributed by atoms with E-state index in [0.717, 1.165) is 31.9 Å². The third-order valence-corrected chi connectivity index (χ3v) is 7.52. The number of nitrogens with zero attached hydrogens (tertiary/aromatic N) is 4. The number of rotatable bonds is 8. The second-order valence-electron chi connectivity index (χ2n) is 7.30. The third-order valence-electron chi connectivity index (χ3n) is 5.46. The quantitative estimate of drug-likeness (QED) is 0.688. The zero-order chi connectivity index (χ0) is 21.6. The molecule has 0 spiro atoms. The van der Waals surface area contributed by atoms with Crippen molar-refractivity contribution in [3.05, 3.63) is 48.3 Å². The summed E-state index contributed by atoms with van der Waals surface area (Å²) in [6, 6.07) is 7.95. The fourth-order valence-corrected chi connectivity index (χ4v) is 5.08. The summed E-state index contributed by atoms with van der Waals surface area (Å²) in [5.74, 6) is 0.964. The largest absolute Gasteiger partial charge is 0.352 e. The van der Waals surface area contributed by atoms with Gasteiger partial charge in [-0.15, -0.1) is 0 Å². The minimum atomic E-state index is -3.51. The molecule has 1 saturated heterocycles. The van der Waals surface area contributed by atoms with Crippen LogP contribution in [-0.4, -0.2) is 61.3 Å². The van der Waals surface area contributed by atoms with E-state index in [1.807, 2.05) is 0 Å². The molecule has 1 aliphatic heterocycles. The van der Waals surface area contributed by atoms with Crippen LogP contribution < -0.4 is 10.2 Å². The molecule has 9 heteroatoms. The summed E-state index contributed by atoms with van der Waals surface area (Å²) < 4.78 is 26.5. The molecule has 1 aliphatic rings. The molecular formula is C21H29N5O3S. The monoisotopic (exact) mass is 431 g/mol. The zero-order valence-corrected chi connectivity index (χ0v) is 18.3. The molecule has 1 aromatic heterocycles. The number of carbonyl (C=O) groups is 1. The molecule has 1 N–H and O–H groups in total. The highest BCUT2D eigenvalue weighted by Crippen LogP contribution is 2.20. The van der Waals surface area contributed by atoms with E-state index in [1.54, 1.807) is 44.4 Å². The number of nitrogens with one attached hydrogen (secondary N) is 1. The lowest BCUT2D eigenvalue weighted by Gasteiger charge is -2.31. The van der Waals surface area contributed by atoms with Gasteiger partial charge in [0.1, 0.15) is 0 Å². The van der Waals surface area contributed by atoms with E-state index in [9.17, 15) is 13.2 Å². The van der Waals surface area contributed by atoms with Gasteiger partial charge in [-0.3, -0.25) is 4.79 Å². The van der Waals surface area contributed by atoms with Gasteiger partial charge in [0.05, 0.1) is 4.90 Å². The van der Waals surface area contributed by atoms with Crippen molar-refractivity contribution in [1.29, 1.82) is 0 Å². The number of hydrogen-bond acceptors (Lipinski definition) is 6. The highest BCUT2D eigenvalue weighted by atomic mass is 32.2. The Morgan fingerprint density at radius 3 is 2.27 bits per heavy atom. The first kappa shape index (κ1) is 22.2. The summed E-state index contributed by atoms with van der Waals surface area (Å²) in [7, 11) is -3.51. The standard InChI is InChI=1S/C21H29N5O3S/c1-3-26(4-2)30(28,29)19-8-6-18(7-9-19)20(27)24-16-17-10-14-25(15-11-17)21-22-12-5-13-23-21/h5-9,12-13,17H,3-4,10-11,14-16H2,1-2H3,(H,24,27). The van der Waals surface area contributed by atoms with Gasteiger partial charge in [-0.25, -0.2) is 18.4 Å². The van der Waals surface area contributed by atoms with Gasteiger partial charge in [0.2, 0.25) is 16.0 Å². The molecule has 0 radical (unpaired) electrons. The van der Waals surface area contributed by atoms with Crippen molar-refractivity contribution in [2.24, 2.45) is 5.92 Å². The van der Waals surface area contributed by atoms with Crippen LogP contribution in [0.3, 0.4) is 0 Å². The van der Waals surface area contributed by atoms with E-state index in [4.69, 9.17) is 0 Å². The second-order valence-corrected chi connectivity index (χ2v) is 9.24. The van der Waals surface area contributed by atoms with E-state index in [1.165, 1.54) is 16.4 Å². The minimum Gasteiger partial charge on any atom is -0.352 e. The number of benzene rings is 1. The van der Waals surface area contributed by atoms with E-state index in [-0.39, 0.29) is 10.8 Å². The van der Waals surface area contributed by atoms with Gasteiger partial charge in [-0.1, -0.05) is 13.8 Å².